The zero-order valence-corrected chi connectivity index (χ0v) is 9.43. The van der Waals surface area contributed by atoms with Crippen LogP contribution in [-0.2, 0) is 4.79 Å². The lowest BCUT2D eigenvalue weighted by Gasteiger charge is -2.02. The van der Waals surface area contributed by atoms with Crippen molar-refractivity contribution in [2.45, 2.75) is 27.7 Å². The van der Waals surface area contributed by atoms with Crippen LogP contribution in [0, 0.1) is 20.8 Å². The number of rotatable bonds is 3. The van der Waals surface area contributed by atoms with Gasteiger partial charge in [-0.3, -0.25) is 9.59 Å². The molecule has 0 saturated carbocycles. The van der Waals surface area contributed by atoms with Crippen LogP contribution in [0.25, 0.3) is 0 Å². The van der Waals surface area contributed by atoms with E-state index in [1.165, 1.54) is 6.92 Å². The summed E-state index contributed by atoms with van der Waals surface area (Å²) in [6.07, 6.45) is 0. The summed E-state index contributed by atoms with van der Waals surface area (Å²) in [7, 11) is 0. The molecule has 0 aliphatic heterocycles. The summed E-state index contributed by atoms with van der Waals surface area (Å²) in [6, 6.07) is 0. The van der Waals surface area contributed by atoms with E-state index in [9.17, 15) is 9.59 Å². The minimum atomic E-state index is -0.253. The van der Waals surface area contributed by atoms with E-state index < -0.39 is 0 Å². The zero-order valence-electron chi connectivity index (χ0n) is 9.43. The molecular formula is C11H15NO3. The van der Waals surface area contributed by atoms with Crippen LogP contribution in [0.4, 0.5) is 0 Å². The molecule has 4 heteroatoms. The Morgan fingerprint density at radius 3 is 2.20 bits per heavy atom. The largest absolute Gasteiger partial charge is 0.466 e. The summed E-state index contributed by atoms with van der Waals surface area (Å²) >= 11 is 0. The third kappa shape index (κ3) is 2.46. The molecule has 0 saturated heterocycles. The lowest BCUT2D eigenvalue weighted by molar-refractivity contribution is -0.116. The normalized spacial score (nSPS) is 10.1. The van der Waals surface area contributed by atoms with E-state index in [0.717, 1.165) is 11.3 Å². The van der Waals surface area contributed by atoms with Crippen LogP contribution in [0.1, 0.15) is 34.4 Å². The number of amides is 1. The Kier molecular flexibility index (Phi) is 3.29. The summed E-state index contributed by atoms with van der Waals surface area (Å²) in [5.74, 6) is 1.00. The molecule has 0 aliphatic rings. The van der Waals surface area contributed by atoms with Gasteiger partial charge in [0.25, 0.3) is 5.91 Å². The summed E-state index contributed by atoms with van der Waals surface area (Å²) in [5, 5.41) is 2.54. The second-order valence-electron chi connectivity index (χ2n) is 3.60. The summed E-state index contributed by atoms with van der Waals surface area (Å²) in [5.41, 5.74) is 1.36. The first-order valence-corrected chi connectivity index (χ1v) is 4.77. The van der Waals surface area contributed by atoms with Crippen LogP contribution in [0.2, 0.25) is 0 Å². The monoisotopic (exact) mass is 209 g/mol. The second-order valence-corrected chi connectivity index (χ2v) is 3.60. The highest BCUT2D eigenvalue weighted by atomic mass is 16.3. The lowest BCUT2D eigenvalue weighted by Crippen LogP contribution is -2.28. The van der Waals surface area contributed by atoms with Crippen molar-refractivity contribution in [3.05, 3.63) is 22.6 Å². The average Bonchev–Trinajstić information content (AvgIpc) is 2.37. The van der Waals surface area contributed by atoms with Crippen molar-refractivity contribution < 1.29 is 14.0 Å². The van der Waals surface area contributed by atoms with Gasteiger partial charge in [-0.15, -0.1) is 0 Å². The minimum Gasteiger partial charge on any atom is -0.466 e. The molecule has 15 heavy (non-hydrogen) atoms. The summed E-state index contributed by atoms with van der Waals surface area (Å²) in [4.78, 5) is 22.4. The predicted octanol–water partition coefficient (Wildman–Crippen LogP) is 1.52. The number of hydrogen-bond acceptors (Lipinski definition) is 3. The highest BCUT2D eigenvalue weighted by Gasteiger charge is 2.18. The number of Topliss-reactive ketones (excluding diaryl/α,β-unsaturated/α-hetero) is 1. The molecule has 0 fully saturated rings. The number of carbonyl (C=O) groups is 2. The van der Waals surface area contributed by atoms with Crippen molar-refractivity contribution in [3.63, 3.8) is 0 Å². The number of ketones is 1. The average molecular weight is 209 g/mol. The maximum atomic E-state index is 11.7. The Morgan fingerprint density at radius 1 is 1.20 bits per heavy atom. The van der Waals surface area contributed by atoms with E-state index >= 15 is 0 Å². The molecule has 0 bridgehead atoms. The molecule has 0 radical (unpaired) electrons. The van der Waals surface area contributed by atoms with Gasteiger partial charge in [-0.25, -0.2) is 0 Å². The van der Waals surface area contributed by atoms with E-state index in [-0.39, 0.29) is 18.2 Å². The van der Waals surface area contributed by atoms with Gasteiger partial charge >= 0.3 is 0 Å². The summed E-state index contributed by atoms with van der Waals surface area (Å²) in [6.45, 7) is 6.86. The SMILES string of the molecule is CC(=O)CNC(=O)c1c(C)oc(C)c1C. The lowest BCUT2D eigenvalue weighted by atomic mass is 10.1. The summed E-state index contributed by atoms with van der Waals surface area (Å²) < 4.78 is 5.33. The van der Waals surface area contributed by atoms with Crippen LogP contribution in [0.15, 0.2) is 4.42 Å². The first-order valence-electron chi connectivity index (χ1n) is 4.77. The molecule has 82 valence electrons. The fourth-order valence-electron chi connectivity index (χ4n) is 1.42. The molecular weight excluding hydrogens is 194 g/mol. The van der Waals surface area contributed by atoms with E-state index in [0.29, 0.717) is 11.3 Å². The zero-order chi connectivity index (χ0) is 11.6. The Labute approximate surface area is 88.7 Å². The molecule has 4 nitrogen and oxygen atoms in total. The van der Waals surface area contributed by atoms with E-state index in [1.807, 2.05) is 13.8 Å². The second kappa shape index (κ2) is 4.29. The quantitative estimate of drug-likeness (QED) is 0.821. The topological polar surface area (TPSA) is 59.3 Å². The van der Waals surface area contributed by atoms with Gasteiger partial charge < -0.3 is 9.73 Å². The van der Waals surface area contributed by atoms with Crippen LogP contribution < -0.4 is 5.32 Å². The van der Waals surface area contributed by atoms with Crippen molar-refractivity contribution >= 4 is 11.7 Å². The van der Waals surface area contributed by atoms with E-state index in [4.69, 9.17) is 4.42 Å². The highest BCUT2D eigenvalue weighted by molar-refractivity contribution is 5.98. The van der Waals surface area contributed by atoms with Crippen LogP contribution in [0.5, 0.6) is 0 Å². The molecule has 1 amide bonds. The minimum absolute atomic E-state index is 0.0575. The Morgan fingerprint density at radius 2 is 1.80 bits per heavy atom. The first kappa shape index (κ1) is 11.5. The smallest absolute Gasteiger partial charge is 0.255 e. The van der Waals surface area contributed by atoms with Gasteiger partial charge in [0.2, 0.25) is 0 Å². The van der Waals surface area contributed by atoms with Gasteiger partial charge in [0.05, 0.1) is 12.1 Å². The van der Waals surface area contributed by atoms with Gasteiger partial charge in [-0.05, 0) is 27.7 Å². The molecule has 0 unspecified atom stereocenters. The third-order valence-electron chi connectivity index (χ3n) is 2.29. The fourth-order valence-corrected chi connectivity index (χ4v) is 1.42. The molecule has 1 rings (SSSR count). The Balaban J connectivity index is 2.86. The Hall–Kier alpha value is -1.58. The van der Waals surface area contributed by atoms with Gasteiger partial charge in [0, 0.05) is 5.56 Å². The first-order chi connectivity index (χ1) is 6.93. The van der Waals surface area contributed by atoms with Gasteiger partial charge in [-0.1, -0.05) is 0 Å². The van der Waals surface area contributed by atoms with E-state index in [2.05, 4.69) is 5.32 Å². The van der Waals surface area contributed by atoms with Gasteiger partial charge in [0.1, 0.15) is 17.3 Å². The molecule has 1 heterocycles. The van der Waals surface area contributed by atoms with E-state index in [1.54, 1.807) is 6.92 Å². The molecule has 1 aromatic rings. The third-order valence-corrected chi connectivity index (χ3v) is 2.29. The van der Waals surface area contributed by atoms with Crippen molar-refractivity contribution in [1.82, 2.24) is 5.32 Å². The number of nitrogens with one attached hydrogen (secondary N) is 1. The number of furan rings is 1. The van der Waals surface area contributed by atoms with Crippen LogP contribution in [-0.4, -0.2) is 18.2 Å². The Bertz CT molecular complexity index is 404. The van der Waals surface area contributed by atoms with Gasteiger partial charge in [0.15, 0.2) is 0 Å². The molecule has 0 aromatic carbocycles. The number of aryl methyl sites for hydroxylation is 2. The highest BCUT2D eigenvalue weighted by Crippen LogP contribution is 2.20. The molecule has 0 spiro atoms. The molecule has 1 aromatic heterocycles. The fraction of sp³-hybridized carbons (Fsp3) is 0.455. The standard InChI is InChI=1S/C11H15NO3/c1-6(13)5-12-11(14)10-7(2)8(3)15-9(10)4/h5H2,1-4H3,(H,12,14). The van der Waals surface area contributed by atoms with Crippen LogP contribution >= 0.6 is 0 Å². The van der Waals surface area contributed by atoms with Gasteiger partial charge in [-0.2, -0.15) is 0 Å². The van der Waals surface area contributed by atoms with Crippen molar-refractivity contribution in [3.8, 4) is 0 Å². The van der Waals surface area contributed by atoms with Crippen molar-refractivity contribution in [1.29, 1.82) is 0 Å². The van der Waals surface area contributed by atoms with Crippen LogP contribution in [0.3, 0.4) is 0 Å². The maximum absolute atomic E-state index is 11.7. The molecule has 0 aliphatic carbocycles. The predicted molar refractivity (Wildman–Crippen MR) is 55.9 cm³/mol. The maximum Gasteiger partial charge on any atom is 0.255 e. The molecule has 1 N–H and O–H groups in total. The van der Waals surface area contributed by atoms with Crippen molar-refractivity contribution in [2.24, 2.45) is 0 Å². The number of hydrogen-bond donors (Lipinski definition) is 1. The molecule has 0 atom stereocenters. The van der Waals surface area contributed by atoms with Crippen molar-refractivity contribution in [2.75, 3.05) is 6.54 Å². The number of carbonyl (C=O) groups excluding carboxylic acids is 2.